The molecule has 0 radical (unpaired) electrons. The molecule has 4 heteroatoms. The van der Waals surface area contributed by atoms with Gasteiger partial charge in [0.15, 0.2) is 0 Å². The lowest BCUT2D eigenvalue weighted by atomic mass is 9.98. The van der Waals surface area contributed by atoms with Gasteiger partial charge in [0.25, 0.3) is 5.91 Å². The summed E-state index contributed by atoms with van der Waals surface area (Å²) >= 11 is 0. The number of benzene rings is 1. The Labute approximate surface area is 126 Å². The molecule has 0 aliphatic carbocycles. The van der Waals surface area contributed by atoms with E-state index in [4.69, 9.17) is 0 Å². The fourth-order valence-electron chi connectivity index (χ4n) is 2.83. The van der Waals surface area contributed by atoms with Crippen LogP contribution in [0.4, 0.5) is 0 Å². The standard InChI is InChI=1S/C17H24N2O2/c1-4-16(20)18-10-11-19(15(12-18)13(2)3)17(21)14-8-6-5-7-9-14/h5-9,13,15H,4,10-12H2,1-3H3. The van der Waals surface area contributed by atoms with Crippen LogP contribution < -0.4 is 0 Å². The van der Waals surface area contributed by atoms with Gasteiger partial charge in [-0.25, -0.2) is 0 Å². The Morgan fingerprint density at radius 1 is 1.19 bits per heavy atom. The first-order chi connectivity index (χ1) is 10.0. The second-order valence-corrected chi connectivity index (χ2v) is 5.87. The molecule has 1 aliphatic heterocycles. The summed E-state index contributed by atoms with van der Waals surface area (Å²) in [6.07, 6.45) is 0.525. The third kappa shape index (κ3) is 3.43. The van der Waals surface area contributed by atoms with E-state index in [1.165, 1.54) is 0 Å². The van der Waals surface area contributed by atoms with Crippen molar-refractivity contribution in [3.63, 3.8) is 0 Å². The SMILES string of the molecule is CCC(=O)N1CCN(C(=O)c2ccccc2)C(C(C)C)C1. The van der Waals surface area contributed by atoms with Crippen LogP contribution in [0, 0.1) is 5.92 Å². The highest BCUT2D eigenvalue weighted by Gasteiger charge is 2.34. The van der Waals surface area contributed by atoms with Crippen LogP contribution in [0.1, 0.15) is 37.6 Å². The van der Waals surface area contributed by atoms with Gasteiger partial charge in [0, 0.05) is 31.6 Å². The summed E-state index contributed by atoms with van der Waals surface area (Å²) in [5, 5.41) is 0. The maximum Gasteiger partial charge on any atom is 0.254 e. The zero-order valence-corrected chi connectivity index (χ0v) is 13.1. The highest BCUT2D eigenvalue weighted by atomic mass is 16.2. The molecule has 0 spiro atoms. The van der Waals surface area contributed by atoms with Crippen LogP contribution in [0.2, 0.25) is 0 Å². The Hall–Kier alpha value is -1.84. The molecule has 21 heavy (non-hydrogen) atoms. The molecule has 1 aromatic rings. The Morgan fingerprint density at radius 3 is 2.43 bits per heavy atom. The van der Waals surface area contributed by atoms with E-state index in [2.05, 4.69) is 13.8 Å². The first-order valence-electron chi connectivity index (χ1n) is 7.68. The summed E-state index contributed by atoms with van der Waals surface area (Å²) in [6.45, 7) is 7.99. The number of piperazine rings is 1. The fraction of sp³-hybridized carbons (Fsp3) is 0.529. The maximum absolute atomic E-state index is 12.7. The van der Waals surface area contributed by atoms with E-state index in [1.54, 1.807) is 0 Å². The molecule has 114 valence electrons. The van der Waals surface area contributed by atoms with E-state index in [9.17, 15) is 9.59 Å². The minimum Gasteiger partial charge on any atom is -0.339 e. The van der Waals surface area contributed by atoms with Crippen LogP contribution in [0.15, 0.2) is 30.3 Å². The van der Waals surface area contributed by atoms with Crippen LogP contribution in [-0.4, -0.2) is 47.3 Å². The molecule has 2 rings (SSSR count). The van der Waals surface area contributed by atoms with Gasteiger partial charge < -0.3 is 9.80 Å². The summed E-state index contributed by atoms with van der Waals surface area (Å²) in [4.78, 5) is 28.4. The highest BCUT2D eigenvalue weighted by molar-refractivity contribution is 5.94. The lowest BCUT2D eigenvalue weighted by Crippen LogP contribution is -2.58. The normalized spacial score (nSPS) is 19.0. The third-order valence-electron chi connectivity index (χ3n) is 4.12. The molecule has 1 saturated heterocycles. The smallest absolute Gasteiger partial charge is 0.254 e. The van der Waals surface area contributed by atoms with Gasteiger partial charge >= 0.3 is 0 Å². The number of carbonyl (C=O) groups is 2. The molecule has 0 N–H and O–H groups in total. The maximum atomic E-state index is 12.7. The zero-order valence-electron chi connectivity index (χ0n) is 13.1. The molecular formula is C17H24N2O2. The molecule has 0 aromatic heterocycles. The van der Waals surface area contributed by atoms with Crippen molar-refractivity contribution < 1.29 is 9.59 Å². The zero-order chi connectivity index (χ0) is 15.4. The van der Waals surface area contributed by atoms with Gasteiger partial charge in [0.05, 0.1) is 6.04 Å². The third-order valence-corrected chi connectivity index (χ3v) is 4.12. The fourth-order valence-corrected chi connectivity index (χ4v) is 2.83. The van der Waals surface area contributed by atoms with E-state index in [0.717, 1.165) is 5.56 Å². The molecule has 1 unspecified atom stereocenters. The molecule has 0 saturated carbocycles. The molecule has 1 aliphatic rings. The number of hydrogen-bond acceptors (Lipinski definition) is 2. The molecule has 1 heterocycles. The number of amides is 2. The predicted molar refractivity (Wildman–Crippen MR) is 83.0 cm³/mol. The minimum atomic E-state index is 0.0675. The average Bonchev–Trinajstić information content (AvgIpc) is 2.53. The van der Waals surface area contributed by atoms with E-state index < -0.39 is 0 Å². The quantitative estimate of drug-likeness (QED) is 0.857. The summed E-state index contributed by atoms with van der Waals surface area (Å²) < 4.78 is 0. The molecule has 4 nitrogen and oxygen atoms in total. The van der Waals surface area contributed by atoms with Crippen molar-refractivity contribution in [1.29, 1.82) is 0 Å². The molecule has 2 amide bonds. The summed E-state index contributed by atoms with van der Waals surface area (Å²) in [6, 6.07) is 9.46. The second kappa shape index (κ2) is 6.74. The topological polar surface area (TPSA) is 40.6 Å². The number of nitrogens with zero attached hydrogens (tertiary/aromatic N) is 2. The Bertz CT molecular complexity index is 499. The van der Waals surface area contributed by atoms with E-state index in [-0.39, 0.29) is 17.9 Å². The van der Waals surface area contributed by atoms with Crippen molar-refractivity contribution in [3.8, 4) is 0 Å². The Balaban J connectivity index is 2.16. The second-order valence-electron chi connectivity index (χ2n) is 5.87. The first kappa shape index (κ1) is 15.5. The predicted octanol–water partition coefficient (Wildman–Crippen LogP) is 2.41. The van der Waals surface area contributed by atoms with E-state index in [1.807, 2.05) is 47.1 Å². The van der Waals surface area contributed by atoms with Crippen LogP contribution in [-0.2, 0) is 4.79 Å². The van der Waals surface area contributed by atoms with Crippen LogP contribution >= 0.6 is 0 Å². The summed E-state index contributed by atoms with van der Waals surface area (Å²) in [5.41, 5.74) is 0.721. The summed E-state index contributed by atoms with van der Waals surface area (Å²) in [7, 11) is 0. The van der Waals surface area contributed by atoms with E-state index in [0.29, 0.717) is 32.0 Å². The molecule has 0 bridgehead atoms. The van der Waals surface area contributed by atoms with Gasteiger partial charge in [-0.2, -0.15) is 0 Å². The number of carbonyl (C=O) groups excluding carboxylic acids is 2. The van der Waals surface area contributed by atoms with Crippen molar-refractivity contribution in [1.82, 2.24) is 9.80 Å². The van der Waals surface area contributed by atoms with Gasteiger partial charge in [0.2, 0.25) is 5.91 Å². The monoisotopic (exact) mass is 288 g/mol. The Kier molecular flexibility index (Phi) is 4.99. The highest BCUT2D eigenvalue weighted by Crippen LogP contribution is 2.20. The Morgan fingerprint density at radius 2 is 1.86 bits per heavy atom. The van der Waals surface area contributed by atoms with Gasteiger partial charge in [-0.1, -0.05) is 39.0 Å². The minimum absolute atomic E-state index is 0.0675. The largest absolute Gasteiger partial charge is 0.339 e. The van der Waals surface area contributed by atoms with Gasteiger partial charge in [-0.15, -0.1) is 0 Å². The van der Waals surface area contributed by atoms with Crippen molar-refractivity contribution in [2.75, 3.05) is 19.6 Å². The molecule has 1 aromatic carbocycles. The van der Waals surface area contributed by atoms with E-state index >= 15 is 0 Å². The van der Waals surface area contributed by atoms with Crippen LogP contribution in [0.3, 0.4) is 0 Å². The van der Waals surface area contributed by atoms with Gasteiger partial charge in [0.1, 0.15) is 0 Å². The lowest BCUT2D eigenvalue weighted by molar-refractivity contribution is -0.133. The van der Waals surface area contributed by atoms with Crippen molar-refractivity contribution in [3.05, 3.63) is 35.9 Å². The van der Waals surface area contributed by atoms with Gasteiger partial charge in [-0.3, -0.25) is 9.59 Å². The van der Waals surface area contributed by atoms with Crippen LogP contribution in [0.5, 0.6) is 0 Å². The van der Waals surface area contributed by atoms with Crippen molar-refractivity contribution in [2.45, 2.75) is 33.2 Å². The van der Waals surface area contributed by atoms with Crippen molar-refractivity contribution in [2.24, 2.45) is 5.92 Å². The molecule has 1 atom stereocenters. The molecule has 1 fully saturated rings. The first-order valence-corrected chi connectivity index (χ1v) is 7.68. The summed E-state index contributed by atoms with van der Waals surface area (Å²) in [5.74, 6) is 0.565. The van der Waals surface area contributed by atoms with Gasteiger partial charge in [-0.05, 0) is 18.1 Å². The number of hydrogen-bond donors (Lipinski definition) is 0. The average molecular weight is 288 g/mol. The molecular weight excluding hydrogens is 264 g/mol. The van der Waals surface area contributed by atoms with Crippen molar-refractivity contribution >= 4 is 11.8 Å². The number of rotatable bonds is 3. The lowest BCUT2D eigenvalue weighted by Gasteiger charge is -2.43. The van der Waals surface area contributed by atoms with Crippen LogP contribution in [0.25, 0.3) is 0 Å².